The van der Waals surface area contributed by atoms with Crippen LogP contribution in [0.25, 0.3) is 11.1 Å². The van der Waals surface area contributed by atoms with E-state index in [-0.39, 0.29) is 0 Å². The number of hydrogen-bond acceptors (Lipinski definition) is 2. The van der Waals surface area contributed by atoms with Crippen LogP contribution in [0.2, 0.25) is 0 Å². The van der Waals surface area contributed by atoms with E-state index in [1.165, 1.54) is 16.7 Å². The minimum atomic E-state index is 1.28. The van der Waals surface area contributed by atoms with E-state index in [4.69, 9.17) is 9.59 Å². The maximum Gasteiger partial charge on any atom is 0.106 e. The van der Waals surface area contributed by atoms with E-state index in [2.05, 4.69) is 55.5 Å². The molecule has 2 rings (SSSR count). The van der Waals surface area contributed by atoms with Crippen LogP contribution < -0.4 is 0 Å². The molecule has 0 saturated carbocycles. The Hall–Kier alpha value is -2.22. The Balaban J connectivity index is 0. The van der Waals surface area contributed by atoms with Crippen molar-refractivity contribution in [1.82, 2.24) is 0 Å². The van der Waals surface area contributed by atoms with E-state index in [0.29, 0.717) is 0 Å². The van der Waals surface area contributed by atoms with Gasteiger partial charge in [0.15, 0.2) is 0 Å². The van der Waals surface area contributed by atoms with E-state index in [0.717, 1.165) is 0 Å². The van der Waals surface area contributed by atoms with Crippen molar-refractivity contribution in [2.45, 2.75) is 20.8 Å². The molecule has 0 bridgehead atoms. The van der Waals surface area contributed by atoms with Gasteiger partial charge in [-0.25, -0.2) is 0 Å². The Morgan fingerprint density at radius 1 is 0.632 bits per heavy atom. The topological polar surface area (TPSA) is 34.1 Å². The summed E-state index contributed by atoms with van der Waals surface area (Å²) < 4.78 is 0. The van der Waals surface area contributed by atoms with Crippen molar-refractivity contribution in [2.75, 3.05) is 0 Å². The predicted octanol–water partition coefficient (Wildman–Crippen LogP) is 4.32. The molecule has 0 spiro atoms. The lowest BCUT2D eigenvalue weighted by Crippen LogP contribution is -1.76. The van der Waals surface area contributed by atoms with Gasteiger partial charge in [-0.15, -0.1) is 0 Å². The molecule has 0 radical (unpaired) electrons. The summed E-state index contributed by atoms with van der Waals surface area (Å²) in [5.41, 5.74) is 3.87. The molecule has 0 atom stereocenters. The van der Waals surface area contributed by atoms with Crippen LogP contribution in [-0.4, -0.2) is 13.6 Å². The summed E-state index contributed by atoms with van der Waals surface area (Å²) in [6.45, 7) is 10.1. The average Bonchev–Trinajstić information content (AvgIpc) is 2.55. The molecule has 0 N–H and O–H groups in total. The molecular weight excluding hydrogens is 236 g/mol. The van der Waals surface area contributed by atoms with E-state index in [9.17, 15) is 0 Å². The van der Waals surface area contributed by atoms with Crippen molar-refractivity contribution in [3.05, 3.63) is 60.2 Å². The van der Waals surface area contributed by atoms with Gasteiger partial charge in [-0.05, 0) is 18.1 Å². The summed E-state index contributed by atoms with van der Waals surface area (Å²) in [4.78, 5) is 16.0. The first-order chi connectivity index (χ1) is 9.36. The Bertz CT molecular complexity index is 405. The molecule has 19 heavy (non-hydrogen) atoms. The van der Waals surface area contributed by atoms with Gasteiger partial charge < -0.3 is 9.59 Å². The third-order valence-corrected chi connectivity index (χ3v) is 2.16. The lowest BCUT2D eigenvalue weighted by Gasteiger charge is -2.00. The normalized spacial score (nSPS) is 7.53. The zero-order valence-corrected chi connectivity index (χ0v) is 11.9. The minimum absolute atomic E-state index is 1.28. The molecule has 0 saturated heterocycles. The van der Waals surface area contributed by atoms with Gasteiger partial charge >= 0.3 is 0 Å². The molecule has 2 heteroatoms. The molecule has 0 amide bonds. The summed E-state index contributed by atoms with van der Waals surface area (Å²) in [6.07, 6.45) is 0. The number of carbonyl (C=O) groups is 2. The molecule has 0 heterocycles. The van der Waals surface area contributed by atoms with Crippen LogP contribution >= 0.6 is 0 Å². The van der Waals surface area contributed by atoms with Crippen LogP contribution in [-0.2, 0) is 9.59 Å². The van der Waals surface area contributed by atoms with Crippen molar-refractivity contribution in [2.24, 2.45) is 0 Å². The second-order valence-corrected chi connectivity index (χ2v) is 3.23. The Morgan fingerprint density at radius 3 is 1.42 bits per heavy atom. The van der Waals surface area contributed by atoms with Gasteiger partial charge in [-0.3, -0.25) is 0 Å². The average molecular weight is 258 g/mol. The Morgan fingerprint density at radius 2 is 1.00 bits per heavy atom. The molecule has 102 valence electrons. The molecular formula is C17H22O2. The molecule has 2 aromatic rings. The minimum Gasteiger partial charge on any atom is -0.307 e. The summed E-state index contributed by atoms with van der Waals surface area (Å²) >= 11 is 0. The van der Waals surface area contributed by atoms with Gasteiger partial charge in [0.25, 0.3) is 0 Å². The standard InChI is InChI=1S/C13H12.C2H6.2CH2O/c1-11-7-9-13(10-8-11)12-5-3-2-4-6-12;3*1-2/h2-10H,1H3;1-2H3;2*1H2. The van der Waals surface area contributed by atoms with Gasteiger partial charge in [0.2, 0.25) is 0 Å². The summed E-state index contributed by atoms with van der Waals surface area (Å²) in [6, 6.07) is 19.0. The lowest BCUT2D eigenvalue weighted by molar-refractivity contribution is -0.0987. The van der Waals surface area contributed by atoms with Gasteiger partial charge in [0, 0.05) is 0 Å². The molecule has 2 aromatic carbocycles. The quantitative estimate of drug-likeness (QED) is 0.763. The predicted molar refractivity (Wildman–Crippen MR) is 82.2 cm³/mol. The number of carbonyl (C=O) groups excluding carboxylic acids is 2. The van der Waals surface area contributed by atoms with Crippen LogP contribution in [0.15, 0.2) is 54.6 Å². The van der Waals surface area contributed by atoms with Gasteiger partial charge in [-0.2, -0.15) is 0 Å². The highest BCUT2D eigenvalue weighted by molar-refractivity contribution is 5.63. The fraction of sp³-hybridized carbons (Fsp3) is 0.176. The monoisotopic (exact) mass is 258 g/mol. The third-order valence-electron chi connectivity index (χ3n) is 2.16. The number of rotatable bonds is 1. The highest BCUT2D eigenvalue weighted by Gasteiger charge is 1.93. The highest BCUT2D eigenvalue weighted by atomic mass is 16.1. The Kier molecular flexibility index (Phi) is 13.9. The largest absolute Gasteiger partial charge is 0.307 e. The maximum atomic E-state index is 8.00. The molecule has 2 nitrogen and oxygen atoms in total. The van der Waals surface area contributed by atoms with Crippen molar-refractivity contribution in [3.63, 3.8) is 0 Å². The van der Waals surface area contributed by atoms with Gasteiger partial charge in [-0.1, -0.05) is 74.0 Å². The smallest absolute Gasteiger partial charge is 0.106 e. The molecule has 0 aliphatic heterocycles. The first-order valence-corrected chi connectivity index (χ1v) is 6.06. The van der Waals surface area contributed by atoms with Crippen LogP contribution in [0.5, 0.6) is 0 Å². The summed E-state index contributed by atoms with van der Waals surface area (Å²) in [5, 5.41) is 0. The number of aryl methyl sites for hydroxylation is 1. The van der Waals surface area contributed by atoms with Crippen molar-refractivity contribution < 1.29 is 9.59 Å². The van der Waals surface area contributed by atoms with Crippen molar-refractivity contribution >= 4 is 13.6 Å². The zero-order valence-electron chi connectivity index (χ0n) is 11.9. The van der Waals surface area contributed by atoms with Crippen LogP contribution in [0.4, 0.5) is 0 Å². The molecule has 0 aliphatic carbocycles. The molecule has 0 aliphatic rings. The Labute approximate surface area is 116 Å². The van der Waals surface area contributed by atoms with Crippen molar-refractivity contribution in [1.29, 1.82) is 0 Å². The maximum absolute atomic E-state index is 8.00. The van der Waals surface area contributed by atoms with E-state index in [1.807, 2.05) is 33.5 Å². The van der Waals surface area contributed by atoms with Gasteiger partial charge in [0.1, 0.15) is 13.6 Å². The van der Waals surface area contributed by atoms with Crippen molar-refractivity contribution in [3.8, 4) is 11.1 Å². The summed E-state index contributed by atoms with van der Waals surface area (Å²) in [5.74, 6) is 0. The fourth-order valence-electron chi connectivity index (χ4n) is 1.38. The van der Waals surface area contributed by atoms with E-state index < -0.39 is 0 Å². The molecule has 0 aromatic heterocycles. The van der Waals surface area contributed by atoms with E-state index in [1.54, 1.807) is 0 Å². The first-order valence-electron chi connectivity index (χ1n) is 6.06. The van der Waals surface area contributed by atoms with Crippen LogP contribution in [0.3, 0.4) is 0 Å². The second kappa shape index (κ2) is 13.8. The molecule has 0 unspecified atom stereocenters. The van der Waals surface area contributed by atoms with Gasteiger partial charge in [0.05, 0.1) is 0 Å². The number of hydrogen-bond donors (Lipinski definition) is 0. The van der Waals surface area contributed by atoms with E-state index >= 15 is 0 Å². The third kappa shape index (κ3) is 7.66. The highest BCUT2D eigenvalue weighted by Crippen LogP contribution is 2.18. The fourth-order valence-corrected chi connectivity index (χ4v) is 1.38. The second-order valence-electron chi connectivity index (χ2n) is 3.23. The van der Waals surface area contributed by atoms with Crippen LogP contribution in [0.1, 0.15) is 19.4 Å². The van der Waals surface area contributed by atoms with Crippen LogP contribution in [0, 0.1) is 6.92 Å². The lowest BCUT2D eigenvalue weighted by atomic mass is 10.0. The summed E-state index contributed by atoms with van der Waals surface area (Å²) in [7, 11) is 0. The SMILES string of the molecule is C=O.C=O.CC.Cc1ccc(-c2ccccc2)cc1. The zero-order chi connectivity index (χ0) is 15.1. The number of benzene rings is 2. The molecule has 0 fully saturated rings. The first kappa shape index (κ1) is 19.1.